The highest BCUT2D eigenvalue weighted by Crippen LogP contribution is 2.29. The Balaban J connectivity index is 2.59. The molecule has 0 aliphatic carbocycles. The molecule has 0 atom stereocenters. The molecule has 19 heavy (non-hydrogen) atoms. The highest BCUT2D eigenvalue weighted by atomic mass is 32.2. The lowest BCUT2D eigenvalue weighted by Crippen LogP contribution is -2.03. The number of nitrogens with zero attached hydrogens (tertiary/aromatic N) is 2. The van der Waals surface area contributed by atoms with E-state index in [1.54, 1.807) is 0 Å². The second-order valence-electron chi connectivity index (χ2n) is 4.69. The molecule has 0 spiro atoms. The predicted octanol–water partition coefficient (Wildman–Crippen LogP) is 3.24. The normalized spacial score (nSPS) is 11.2. The summed E-state index contributed by atoms with van der Waals surface area (Å²) in [7, 11) is 0. The highest BCUT2D eigenvalue weighted by Gasteiger charge is 2.13. The van der Waals surface area contributed by atoms with Gasteiger partial charge in [0.1, 0.15) is 10.9 Å². The van der Waals surface area contributed by atoms with E-state index in [9.17, 15) is 4.79 Å². The number of aliphatic carboxylic acids is 1. The molecule has 1 aromatic heterocycles. The maximum atomic E-state index is 10.7. The summed E-state index contributed by atoms with van der Waals surface area (Å²) < 4.78 is 0. The number of carboxylic acids is 1. The summed E-state index contributed by atoms with van der Waals surface area (Å²) >= 11 is 1.25. The monoisotopic (exact) mass is 276 g/mol. The van der Waals surface area contributed by atoms with Crippen LogP contribution >= 0.6 is 11.8 Å². The van der Waals surface area contributed by atoms with E-state index < -0.39 is 5.97 Å². The average Bonchev–Trinajstić information content (AvgIpc) is 2.35. The van der Waals surface area contributed by atoms with Gasteiger partial charge in [0.2, 0.25) is 0 Å². The molecule has 0 saturated heterocycles. The second kappa shape index (κ2) is 5.57. The Morgan fingerprint density at radius 1 is 1.37 bits per heavy atom. The molecule has 1 heterocycles. The lowest BCUT2D eigenvalue weighted by Gasteiger charge is -2.11. The minimum atomic E-state index is -0.837. The van der Waals surface area contributed by atoms with Gasteiger partial charge < -0.3 is 5.11 Å². The third-order valence-corrected chi connectivity index (χ3v) is 3.72. The van der Waals surface area contributed by atoms with Gasteiger partial charge in [-0.05, 0) is 18.6 Å². The van der Waals surface area contributed by atoms with Crippen LogP contribution in [0, 0.1) is 6.92 Å². The van der Waals surface area contributed by atoms with Gasteiger partial charge in [-0.1, -0.05) is 37.7 Å². The van der Waals surface area contributed by atoms with Gasteiger partial charge in [-0.25, -0.2) is 9.97 Å². The fourth-order valence-corrected chi connectivity index (χ4v) is 2.65. The molecule has 0 fully saturated rings. The first-order valence-electron chi connectivity index (χ1n) is 6.11. The second-order valence-corrected chi connectivity index (χ2v) is 5.66. The van der Waals surface area contributed by atoms with Crippen LogP contribution in [-0.2, 0) is 4.79 Å². The zero-order valence-corrected chi connectivity index (χ0v) is 12.0. The molecule has 1 aromatic carbocycles. The summed E-state index contributed by atoms with van der Waals surface area (Å²) in [5.41, 5.74) is 1.95. The molecule has 2 rings (SSSR count). The van der Waals surface area contributed by atoms with Gasteiger partial charge in [-0.2, -0.15) is 0 Å². The summed E-state index contributed by atoms with van der Waals surface area (Å²) in [5.74, 6) is 0.148. The largest absolute Gasteiger partial charge is 0.481 e. The topological polar surface area (TPSA) is 63.1 Å². The number of hydrogen-bond donors (Lipinski definition) is 1. The summed E-state index contributed by atoms with van der Waals surface area (Å²) in [6.45, 7) is 6.05. The SMILES string of the molecule is Cc1cccc2nc(C(C)C)nc(SCC(=O)O)c12. The van der Waals surface area contributed by atoms with Crippen molar-refractivity contribution in [2.75, 3.05) is 5.75 Å². The molecule has 0 amide bonds. The Morgan fingerprint density at radius 2 is 2.11 bits per heavy atom. The van der Waals surface area contributed by atoms with Crippen molar-refractivity contribution in [1.29, 1.82) is 0 Å². The van der Waals surface area contributed by atoms with Crippen molar-refractivity contribution in [3.8, 4) is 0 Å². The molecule has 0 unspecified atom stereocenters. The number of carbonyl (C=O) groups is 1. The van der Waals surface area contributed by atoms with Crippen LogP contribution < -0.4 is 0 Å². The Bertz CT molecular complexity index is 626. The van der Waals surface area contributed by atoms with Crippen molar-refractivity contribution in [2.45, 2.75) is 31.7 Å². The Labute approximate surface area is 116 Å². The number of benzene rings is 1. The van der Waals surface area contributed by atoms with Crippen molar-refractivity contribution >= 4 is 28.6 Å². The fraction of sp³-hybridized carbons (Fsp3) is 0.357. The molecule has 1 N–H and O–H groups in total. The van der Waals surface area contributed by atoms with Gasteiger partial charge in [0, 0.05) is 11.3 Å². The van der Waals surface area contributed by atoms with Crippen molar-refractivity contribution in [3.63, 3.8) is 0 Å². The minimum absolute atomic E-state index is 0.0119. The summed E-state index contributed by atoms with van der Waals surface area (Å²) in [6, 6.07) is 5.90. The van der Waals surface area contributed by atoms with Crippen LogP contribution in [-0.4, -0.2) is 26.8 Å². The number of aromatic nitrogens is 2. The maximum Gasteiger partial charge on any atom is 0.313 e. The average molecular weight is 276 g/mol. The molecular weight excluding hydrogens is 260 g/mol. The van der Waals surface area contributed by atoms with Crippen LogP contribution in [0.5, 0.6) is 0 Å². The first-order valence-corrected chi connectivity index (χ1v) is 7.09. The van der Waals surface area contributed by atoms with E-state index in [1.807, 2.05) is 39.0 Å². The van der Waals surface area contributed by atoms with Gasteiger partial charge in [0.15, 0.2) is 0 Å². The van der Waals surface area contributed by atoms with Crippen molar-refractivity contribution < 1.29 is 9.90 Å². The van der Waals surface area contributed by atoms with Crippen molar-refractivity contribution in [2.24, 2.45) is 0 Å². The number of aryl methyl sites for hydroxylation is 1. The van der Waals surface area contributed by atoms with E-state index in [0.29, 0.717) is 0 Å². The molecule has 100 valence electrons. The zero-order chi connectivity index (χ0) is 14.0. The number of fused-ring (bicyclic) bond motifs is 1. The molecule has 2 aromatic rings. The molecule has 0 radical (unpaired) electrons. The molecule has 0 aliphatic rings. The maximum absolute atomic E-state index is 10.7. The Morgan fingerprint density at radius 3 is 2.74 bits per heavy atom. The third kappa shape index (κ3) is 3.04. The Kier molecular flexibility index (Phi) is 4.04. The minimum Gasteiger partial charge on any atom is -0.481 e. The van der Waals surface area contributed by atoms with Crippen LogP contribution in [0.25, 0.3) is 10.9 Å². The van der Waals surface area contributed by atoms with Gasteiger partial charge in [-0.3, -0.25) is 4.79 Å². The van der Waals surface area contributed by atoms with E-state index in [-0.39, 0.29) is 11.7 Å². The molecule has 5 heteroatoms. The van der Waals surface area contributed by atoms with Gasteiger partial charge in [0.05, 0.1) is 11.3 Å². The molecule has 0 aliphatic heterocycles. The van der Waals surface area contributed by atoms with Crippen LogP contribution in [0.3, 0.4) is 0 Å². The van der Waals surface area contributed by atoms with E-state index in [0.717, 1.165) is 27.3 Å². The lowest BCUT2D eigenvalue weighted by molar-refractivity contribution is -0.133. The van der Waals surface area contributed by atoms with E-state index in [1.165, 1.54) is 11.8 Å². The number of carboxylic acid groups (broad SMARTS) is 1. The van der Waals surface area contributed by atoms with Gasteiger partial charge in [0.25, 0.3) is 0 Å². The molecular formula is C14H16N2O2S. The van der Waals surface area contributed by atoms with E-state index in [2.05, 4.69) is 9.97 Å². The molecule has 0 saturated carbocycles. The first kappa shape index (κ1) is 13.8. The molecule has 4 nitrogen and oxygen atoms in total. The zero-order valence-electron chi connectivity index (χ0n) is 11.2. The van der Waals surface area contributed by atoms with E-state index >= 15 is 0 Å². The molecule has 0 bridgehead atoms. The fourth-order valence-electron chi connectivity index (χ4n) is 1.82. The summed E-state index contributed by atoms with van der Waals surface area (Å²) in [5, 5.41) is 10.5. The van der Waals surface area contributed by atoms with Crippen LogP contribution in [0.4, 0.5) is 0 Å². The first-order chi connectivity index (χ1) is 8.99. The highest BCUT2D eigenvalue weighted by molar-refractivity contribution is 8.00. The van der Waals surface area contributed by atoms with Crippen molar-refractivity contribution in [1.82, 2.24) is 9.97 Å². The Hall–Kier alpha value is -1.62. The number of thioether (sulfide) groups is 1. The third-order valence-electron chi connectivity index (χ3n) is 2.76. The summed E-state index contributed by atoms with van der Waals surface area (Å²) in [6.07, 6.45) is 0. The number of hydrogen-bond acceptors (Lipinski definition) is 4. The van der Waals surface area contributed by atoms with Crippen LogP contribution in [0.2, 0.25) is 0 Å². The summed E-state index contributed by atoms with van der Waals surface area (Å²) in [4.78, 5) is 19.8. The number of rotatable bonds is 4. The van der Waals surface area contributed by atoms with Crippen LogP contribution in [0.15, 0.2) is 23.2 Å². The van der Waals surface area contributed by atoms with E-state index in [4.69, 9.17) is 5.11 Å². The van der Waals surface area contributed by atoms with Crippen LogP contribution in [0.1, 0.15) is 31.2 Å². The smallest absolute Gasteiger partial charge is 0.313 e. The van der Waals surface area contributed by atoms with Gasteiger partial charge in [-0.15, -0.1) is 0 Å². The van der Waals surface area contributed by atoms with Gasteiger partial charge >= 0.3 is 5.97 Å². The quantitative estimate of drug-likeness (QED) is 0.686. The lowest BCUT2D eigenvalue weighted by atomic mass is 10.1. The predicted molar refractivity (Wildman–Crippen MR) is 76.7 cm³/mol. The van der Waals surface area contributed by atoms with Crippen molar-refractivity contribution in [3.05, 3.63) is 29.6 Å². The standard InChI is InChI=1S/C14H16N2O2S/c1-8(2)13-15-10-6-4-5-9(3)12(10)14(16-13)19-7-11(17)18/h4-6,8H,7H2,1-3H3,(H,17,18).